The number of nitrogens with zero attached hydrogens (tertiary/aromatic N) is 1. The number of amides is 1. The van der Waals surface area contributed by atoms with Gasteiger partial charge in [0.1, 0.15) is 5.82 Å². The van der Waals surface area contributed by atoms with Gasteiger partial charge in [0, 0.05) is 17.1 Å². The molecule has 4 nitrogen and oxygen atoms in total. The number of anilines is 1. The Labute approximate surface area is 130 Å². The molecule has 0 aliphatic carbocycles. The predicted molar refractivity (Wildman–Crippen MR) is 80.9 cm³/mol. The van der Waals surface area contributed by atoms with Gasteiger partial charge in [0.05, 0.1) is 12.2 Å². The van der Waals surface area contributed by atoms with E-state index < -0.39 is 11.6 Å². The zero-order chi connectivity index (χ0) is 15.6. The summed E-state index contributed by atoms with van der Waals surface area (Å²) in [6.07, 6.45) is 0.936. The largest absolute Gasteiger partial charge is 0.330 e. The molecule has 1 aromatic carbocycles. The molecule has 0 spiro atoms. The summed E-state index contributed by atoms with van der Waals surface area (Å²) in [6.45, 7) is 4.35. The van der Waals surface area contributed by atoms with Crippen molar-refractivity contribution in [1.29, 1.82) is 0 Å². The highest BCUT2D eigenvalue weighted by molar-refractivity contribution is 9.10. The van der Waals surface area contributed by atoms with E-state index in [0.29, 0.717) is 6.54 Å². The average Bonchev–Trinajstić information content (AvgIpc) is 2.76. The molecule has 1 aromatic rings. The van der Waals surface area contributed by atoms with Crippen molar-refractivity contribution < 1.29 is 13.6 Å². The second kappa shape index (κ2) is 6.37. The summed E-state index contributed by atoms with van der Waals surface area (Å²) in [5, 5.41) is 2.48. The Kier molecular flexibility index (Phi) is 4.95. The summed E-state index contributed by atoms with van der Waals surface area (Å²) < 4.78 is 26.8. The number of nitrogens with two attached hydrogens (primary N) is 1. The van der Waals surface area contributed by atoms with Crippen LogP contribution in [-0.4, -0.2) is 37.0 Å². The molecule has 0 aromatic heterocycles. The zero-order valence-electron chi connectivity index (χ0n) is 11.8. The van der Waals surface area contributed by atoms with Gasteiger partial charge in [0.2, 0.25) is 5.91 Å². The molecule has 1 atom stereocenters. The molecule has 21 heavy (non-hydrogen) atoms. The van der Waals surface area contributed by atoms with Gasteiger partial charge in [-0.25, -0.2) is 8.78 Å². The van der Waals surface area contributed by atoms with Gasteiger partial charge in [0.15, 0.2) is 5.82 Å². The molecule has 1 amide bonds. The lowest BCUT2D eigenvalue weighted by Gasteiger charge is -2.22. The van der Waals surface area contributed by atoms with Gasteiger partial charge in [-0.15, -0.1) is 0 Å². The van der Waals surface area contributed by atoms with Crippen LogP contribution in [0, 0.1) is 17.0 Å². The van der Waals surface area contributed by atoms with Crippen molar-refractivity contribution in [2.75, 3.05) is 31.5 Å². The minimum absolute atomic E-state index is 0.0298. The maximum atomic E-state index is 13.6. The number of carbonyl (C=O) groups is 1. The number of hydrogen-bond acceptors (Lipinski definition) is 3. The summed E-state index contributed by atoms with van der Waals surface area (Å²) in [7, 11) is 0. The third-order valence-corrected chi connectivity index (χ3v) is 4.39. The molecule has 7 heteroatoms. The van der Waals surface area contributed by atoms with Gasteiger partial charge in [-0.2, -0.15) is 0 Å². The first kappa shape index (κ1) is 16.3. The number of nitrogens with one attached hydrogen (secondary N) is 1. The van der Waals surface area contributed by atoms with Crippen molar-refractivity contribution in [3.8, 4) is 0 Å². The maximum Gasteiger partial charge on any atom is 0.238 e. The second-order valence-corrected chi connectivity index (χ2v) is 6.62. The Hall–Kier alpha value is -1.05. The molecule has 0 radical (unpaired) electrons. The van der Waals surface area contributed by atoms with E-state index in [1.165, 1.54) is 0 Å². The van der Waals surface area contributed by atoms with E-state index in [1.807, 2.05) is 4.90 Å². The van der Waals surface area contributed by atoms with Gasteiger partial charge in [-0.05, 0) is 46.9 Å². The van der Waals surface area contributed by atoms with Gasteiger partial charge < -0.3 is 11.1 Å². The topological polar surface area (TPSA) is 58.4 Å². The summed E-state index contributed by atoms with van der Waals surface area (Å²) in [4.78, 5) is 14.0. The van der Waals surface area contributed by atoms with E-state index in [-0.39, 0.29) is 28.0 Å². The van der Waals surface area contributed by atoms with Gasteiger partial charge in [-0.1, -0.05) is 6.92 Å². The average molecular weight is 362 g/mol. The fraction of sp³-hybridized carbons (Fsp3) is 0.500. The zero-order valence-corrected chi connectivity index (χ0v) is 13.3. The lowest BCUT2D eigenvalue weighted by atomic mass is 9.90. The number of rotatable bonds is 4. The van der Waals surface area contributed by atoms with Gasteiger partial charge in [0.25, 0.3) is 0 Å². The van der Waals surface area contributed by atoms with Crippen molar-refractivity contribution in [3.63, 3.8) is 0 Å². The van der Waals surface area contributed by atoms with Crippen LogP contribution in [0.1, 0.15) is 13.3 Å². The first-order valence-corrected chi connectivity index (χ1v) is 7.49. The SMILES string of the molecule is CC1(CN)CCN(CC(=O)Nc2c(F)cc(F)cc2Br)C1. The highest BCUT2D eigenvalue weighted by atomic mass is 79.9. The lowest BCUT2D eigenvalue weighted by Crippen LogP contribution is -2.35. The maximum absolute atomic E-state index is 13.6. The van der Waals surface area contributed by atoms with E-state index >= 15 is 0 Å². The van der Waals surface area contributed by atoms with Crippen LogP contribution in [0.4, 0.5) is 14.5 Å². The number of hydrogen-bond donors (Lipinski definition) is 2. The third-order valence-electron chi connectivity index (χ3n) is 3.77. The predicted octanol–water partition coefficient (Wildman–Crippen LogP) is 2.34. The highest BCUT2D eigenvalue weighted by Gasteiger charge is 2.33. The van der Waals surface area contributed by atoms with Gasteiger partial charge >= 0.3 is 0 Å². The number of carbonyl (C=O) groups excluding carboxylic acids is 1. The molecule has 2 rings (SSSR count). The highest BCUT2D eigenvalue weighted by Crippen LogP contribution is 2.29. The van der Waals surface area contributed by atoms with Crippen LogP contribution in [0.2, 0.25) is 0 Å². The molecule has 1 saturated heterocycles. The molecule has 3 N–H and O–H groups in total. The second-order valence-electron chi connectivity index (χ2n) is 5.77. The Morgan fingerprint density at radius 2 is 2.24 bits per heavy atom. The van der Waals surface area contributed by atoms with Crippen LogP contribution < -0.4 is 11.1 Å². The first-order valence-electron chi connectivity index (χ1n) is 6.70. The van der Waals surface area contributed by atoms with Crippen molar-refractivity contribution in [3.05, 3.63) is 28.2 Å². The summed E-state index contributed by atoms with van der Waals surface area (Å²) in [5.41, 5.74) is 5.71. The van der Waals surface area contributed by atoms with E-state index in [4.69, 9.17) is 5.73 Å². The van der Waals surface area contributed by atoms with Crippen molar-refractivity contribution in [1.82, 2.24) is 4.90 Å². The molecule has 1 aliphatic rings. The van der Waals surface area contributed by atoms with E-state index in [1.54, 1.807) is 0 Å². The van der Waals surface area contributed by atoms with E-state index in [9.17, 15) is 13.6 Å². The fourth-order valence-electron chi connectivity index (χ4n) is 2.47. The van der Waals surface area contributed by atoms with Gasteiger partial charge in [-0.3, -0.25) is 9.69 Å². The Bertz CT molecular complexity index is 532. The standard InChI is InChI=1S/C14H18BrF2N3O/c1-14(7-18)2-3-20(8-14)6-12(21)19-13-10(15)4-9(16)5-11(13)17/h4-5H,2-3,6-8,18H2,1H3,(H,19,21). The van der Waals surface area contributed by atoms with E-state index in [0.717, 1.165) is 31.6 Å². The minimum Gasteiger partial charge on any atom is -0.330 e. The molecular weight excluding hydrogens is 344 g/mol. The van der Waals surface area contributed by atoms with Crippen molar-refractivity contribution in [2.24, 2.45) is 11.1 Å². The molecular formula is C14H18BrF2N3O. The van der Waals surface area contributed by atoms with Crippen molar-refractivity contribution >= 4 is 27.5 Å². The Morgan fingerprint density at radius 1 is 1.52 bits per heavy atom. The number of likely N-dealkylation sites (tertiary alicyclic amines) is 1. The first-order chi connectivity index (χ1) is 9.83. The third kappa shape index (κ3) is 3.99. The summed E-state index contributed by atoms with van der Waals surface area (Å²) >= 11 is 3.04. The van der Waals surface area contributed by atoms with Crippen molar-refractivity contribution in [2.45, 2.75) is 13.3 Å². The Balaban J connectivity index is 1.97. The molecule has 1 aliphatic heterocycles. The molecule has 116 valence electrons. The lowest BCUT2D eigenvalue weighted by molar-refractivity contribution is -0.117. The number of benzene rings is 1. The van der Waals surface area contributed by atoms with E-state index in [2.05, 4.69) is 28.2 Å². The quantitative estimate of drug-likeness (QED) is 0.865. The van der Waals surface area contributed by atoms with Crippen LogP contribution in [0.3, 0.4) is 0 Å². The number of halogens is 3. The molecule has 1 heterocycles. The summed E-state index contributed by atoms with van der Waals surface area (Å²) in [5.74, 6) is -1.83. The summed E-state index contributed by atoms with van der Waals surface area (Å²) in [6, 6.07) is 1.85. The van der Waals surface area contributed by atoms with Crippen LogP contribution in [0.25, 0.3) is 0 Å². The molecule has 0 bridgehead atoms. The molecule has 1 fully saturated rings. The van der Waals surface area contributed by atoms with Crippen LogP contribution in [0.5, 0.6) is 0 Å². The normalized spacial score (nSPS) is 22.5. The minimum atomic E-state index is -0.802. The fourth-order valence-corrected chi connectivity index (χ4v) is 2.98. The Morgan fingerprint density at radius 3 is 2.81 bits per heavy atom. The molecule has 1 unspecified atom stereocenters. The molecule has 0 saturated carbocycles. The van der Waals surface area contributed by atoms with Crippen LogP contribution >= 0.6 is 15.9 Å². The monoisotopic (exact) mass is 361 g/mol. The van der Waals surface area contributed by atoms with Crippen LogP contribution in [-0.2, 0) is 4.79 Å². The van der Waals surface area contributed by atoms with Crippen LogP contribution in [0.15, 0.2) is 16.6 Å². The smallest absolute Gasteiger partial charge is 0.238 e.